The molecule has 2 aromatic carbocycles. The van der Waals surface area contributed by atoms with E-state index in [0.717, 1.165) is 71.9 Å². The molecule has 2 aromatic rings. The molecule has 6 rings (SSSR count). The molecule has 8 heteroatoms. The van der Waals surface area contributed by atoms with Crippen molar-refractivity contribution < 1.29 is 0 Å². The molecule has 6 nitrogen and oxygen atoms in total. The number of hydrogen-bond acceptors (Lipinski definition) is 8. The summed E-state index contributed by atoms with van der Waals surface area (Å²) in [6.45, 7) is 4.57. The highest BCUT2D eigenvalue weighted by atomic mass is 32.2. The third-order valence-electron chi connectivity index (χ3n) is 6.78. The number of aliphatic imine (C=N–C) groups is 4. The van der Waals surface area contributed by atoms with Gasteiger partial charge in [-0.3, -0.25) is 0 Å². The molecule has 0 atom stereocenters. The van der Waals surface area contributed by atoms with E-state index in [9.17, 15) is 0 Å². The Balaban J connectivity index is 0.000000148. The summed E-state index contributed by atoms with van der Waals surface area (Å²) in [6.07, 6.45) is 11.1. The summed E-state index contributed by atoms with van der Waals surface area (Å²) in [5.41, 5.74) is 4.00. The Morgan fingerprint density at radius 2 is 0.861 bits per heavy atom. The predicted octanol–water partition coefficient (Wildman–Crippen LogP) is 7.22. The molecule has 0 bridgehead atoms. The Hall–Kier alpha value is -2.58. The second-order valence-electron chi connectivity index (χ2n) is 9.19. The number of amidine groups is 2. The average Bonchev–Trinajstić information content (AvgIpc) is 3.58. The molecule has 0 aliphatic carbocycles. The molecular weight excluding hydrogens is 484 g/mol. The van der Waals surface area contributed by atoms with Gasteiger partial charge in [0.1, 0.15) is 11.7 Å². The average molecular weight is 519 g/mol. The number of benzene rings is 2. The molecule has 0 spiro atoms. The normalized spacial score (nSPS) is 19.1. The molecule has 0 saturated carbocycles. The molecule has 2 fully saturated rings. The summed E-state index contributed by atoms with van der Waals surface area (Å²) in [5, 5.41) is 2.32. The smallest absolute Gasteiger partial charge is 0.111 e. The van der Waals surface area contributed by atoms with Crippen molar-refractivity contribution in [2.24, 2.45) is 20.0 Å². The highest BCUT2D eigenvalue weighted by Gasteiger charge is 2.21. The second-order valence-corrected chi connectivity index (χ2v) is 11.0. The van der Waals surface area contributed by atoms with Gasteiger partial charge in [0, 0.05) is 26.2 Å². The molecule has 2 saturated heterocycles. The number of likely N-dealkylation sites (tertiary alicyclic amines) is 2. The topological polar surface area (TPSA) is 55.9 Å². The van der Waals surface area contributed by atoms with Crippen LogP contribution in [0.3, 0.4) is 0 Å². The van der Waals surface area contributed by atoms with Crippen LogP contribution < -0.4 is 0 Å². The Morgan fingerprint density at radius 3 is 1.19 bits per heavy atom. The van der Waals surface area contributed by atoms with Gasteiger partial charge in [-0.2, -0.15) is 0 Å². The predicted molar refractivity (Wildman–Crippen MR) is 159 cm³/mol. The minimum absolute atomic E-state index is 0.871. The van der Waals surface area contributed by atoms with Crippen LogP contribution >= 0.6 is 23.5 Å². The van der Waals surface area contributed by atoms with Crippen molar-refractivity contribution in [2.45, 2.75) is 38.5 Å². The SMILES string of the molecule is CSC1=Nc2ccccc2N=C(N2CCCC2)C1.CSC1=Nc2ccccc2N=C(N2CCCC2)C1. The number of nitrogens with zero attached hydrogens (tertiary/aromatic N) is 6. The van der Waals surface area contributed by atoms with Crippen LogP contribution in [0.2, 0.25) is 0 Å². The summed E-state index contributed by atoms with van der Waals surface area (Å²) in [5.74, 6) is 2.37. The van der Waals surface area contributed by atoms with E-state index in [2.05, 4.69) is 34.4 Å². The quantitative estimate of drug-likeness (QED) is 0.369. The molecule has 4 aliphatic rings. The van der Waals surface area contributed by atoms with Crippen LogP contribution in [-0.4, -0.2) is 70.2 Å². The van der Waals surface area contributed by atoms with E-state index in [1.165, 1.54) is 37.4 Å². The first-order valence-electron chi connectivity index (χ1n) is 12.8. The van der Waals surface area contributed by atoms with Crippen molar-refractivity contribution in [3.05, 3.63) is 48.5 Å². The van der Waals surface area contributed by atoms with Gasteiger partial charge >= 0.3 is 0 Å². The fourth-order valence-corrected chi connectivity index (χ4v) is 5.76. The van der Waals surface area contributed by atoms with Crippen molar-refractivity contribution in [3.8, 4) is 0 Å². The molecule has 36 heavy (non-hydrogen) atoms. The molecular formula is C28H34N6S2. The first-order valence-corrected chi connectivity index (χ1v) is 15.2. The molecule has 0 aromatic heterocycles. The molecule has 0 N–H and O–H groups in total. The fraction of sp³-hybridized carbons (Fsp3) is 0.429. The Morgan fingerprint density at radius 1 is 0.528 bits per heavy atom. The van der Waals surface area contributed by atoms with Gasteiger partial charge in [0.2, 0.25) is 0 Å². The van der Waals surface area contributed by atoms with E-state index in [1.54, 1.807) is 23.5 Å². The van der Waals surface area contributed by atoms with E-state index < -0.39 is 0 Å². The van der Waals surface area contributed by atoms with Crippen molar-refractivity contribution >= 4 is 68.0 Å². The van der Waals surface area contributed by atoms with E-state index in [1.807, 2.05) is 36.4 Å². The highest BCUT2D eigenvalue weighted by molar-refractivity contribution is 8.13. The maximum atomic E-state index is 4.83. The zero-order valence-corrected chi connectivity index (χ0v) is 22.8. The van der Waals surface area contributed by atoms with Crippen molar-refractivity contribution in [2.75, 3.05) is 38.7 Å². The van der Waals surface area contributed by atoms with Crippen LogP contribution in [0.4, 0.5) is 22.7 Å². The number of thioether (sulfide) groups is 2. The Labute approximate surface area is 223 Å². The molecule has 0 radical (unpaired) electrons. The zero-order valence-electron chi connectivity index (χ0n) is 21.2. The molecule has 4 aliphatic heterocycles. The maximum Gasteiger partial charge on any atom is 0.111 e. The van der Waals surface area contributed by atoms with Gasteiger partial charge in [-0.25, -0.2) is 20.0 Å². The van der Waals surface area contributed by atoms with Crippen LogP contribution in [0.15, 0.2) is 68.5 Å². The summed E-state index contributed by atoms with van der Waals surface area (Å²) in [4.78, 5) is 23.9. The summed E-state index contributed by atoms with van der Waals surface area (Å²) in [6, 6.07) is 16.3. The first-order chi connectivity index (χ1) is 17.7. The monoisotopic (exact) mass is 518 g/mol. The lowest BCUT2D eigenvalue weighted by atomic mass is 10.3. The minimum Gasteiger partial charge on any atom is -0.360 e. The standard InChI is InChI=1S/2C14H17N3S/c2*1-18-14-10-13(17-8-4-5-9-17)15-11-6-2-3-7-12(11)16-14/h2*2-3,6-7H,4-5,8-10H2,1H3. The lowest BCUT2D eigenvalue weighted by molar-refractivity contribution is 0.513. The van der Waals surface area contributed by atoms with Gasteiger partial charge in [-0.15, -0.1) is 23.5 Å². The van der Waals surface area contributed by atoms with Gasteiger partial charge in [0.15, 0.2) is 0 Å². The summed E-state index contributed by atoms with van der Waals surface area (Å²) >= 11 is 3.46. The fourth-order valence-electron chi connectivity index (χ4n) is 4.83. The first kappa shape index (κ1) is 25.1. The molecule has 0 unspecified atom stereocenters. The van der Waals surface area contributed by atoms with E-state index >= 15 is 0 Å². The van der Waals surface area contributed by atoms with Crippen molar-refractivity contribution in [1.82, 2.24) is 9.80 Å². The van der Waals surface area contributed by atoms with Gasteiger partial charge < -0.3 is 9.80 Å². The van der Waals surface area contributed by atoms with Crippen LogP contribution in [0.25, 0.3) is 0 Å². The lowest BCUT2D eigenvalue weighted by Crippen LogP contribution is -2.28. The summed E-state index contributed by atoms with van der Waals surface area (Å²) in [7, 11) is 0. The third kappa shape index (κ3) is 6.03. The number of rotatable bonds is 0. The van der Waals surface area contributed by atoms with Gasteiger partial charge in [-0.1, -0.05) is 24.3 Å². The second kappa shape index (κ2) is 12.1. The summed E-state index contributed by atoms with van der Waals surface area (Å²) < 4.78 is 0. The molecule has 0 amide bonds. The highest BCUT2D eigenvalue weighted by Crippen LogP contribution is 2.34. The van der Waals surface area contributed by atoms with Crippen molar-refractivity contribution in [3.63, 3.8) is 0 Å². The van der Waals surface area contributed by atoms with Gasteiger partial charge in [0.25, 0.3) is 0 Å². The number of fused-ring (bicyclic) bond motifs is 2. The minimum atomic E-state index is 0.871. The number of para-hydroxylation sites is 4. The Bertz CT molecular complexity index is 1100. The van der Waals surface area contributed by atoms with E-state index in [-0.39, 0.29) is 0 Å². The molecule has 4 heterocycles. The Kier molecular flexibility index (Phi) is 8.43. The van der Waals surface area contributed by atoms with Crippen LogP contribution in [-0.2, 0) is 0 Å². The van der Waals surface area contributed by atoms with Gasteiger partial charge in [-0.05, 0) is 62.5 Å². The van der Waals surface area contributed by atoms with E-state index in [0.29, 0.717) is 0 Å². The van der Waals surface area contributed by atoms with Crippen LogP contribution in [0, 0.1) is 0 Å². The zero-order chi connectivity index (χ0) is 24.7. The molecule has 188 valence electrons. The van der Waals surface area contributed by atoms with Gasteiger partial charge in [0.05, 0.1) is 45.7 Å². The third-order valence-corrected chi connectivity index (χ3v) is 8.20. The van der Waals surface area contributed by atoms with E-state index in [4.69, 9.17) is 20.0 Å². The van der Waals surface area contributed by atoms with Crippen molar-refractivity contribution in [1.29, 1.82) is 0 Å². The largest absolute Gasteiger partial charge is 0.360 e. The van der Waals surface area contributed by atoms with Crippen LogP contribution in [0.5, 0.6) is 0 Å². The number of hydrogen-bond donors (Lipinski definition) is 0. The maximum absolute atomic E-state index is 4.83. The van der Waals surface area contributed by atoms with Crippen LogP contribution in [0.1, 0.15) is 38.5 Å². The lowest BCUT2D eigenvalue weighted by Gasteiger charge is -2.19.